The minimum atomic E-state index is -0.266. The van der Waals surface area contributed by atoms with Crippen LogP contribution in [0, 0.1) is 5.92 Å². The molecule has 1 saturated heterocycles. The van der Waals surface area contributed by atoms with Gasteiger partial charge in [0.15, 0.2) is 5.69 Å². The minimum absolute atomic E-state index is 0.0579. The molecule has 0 spiro atoms. The Balaban J connectivity index is 1.36. The largest absolute Gasteiger partial charge is 0.480 e. The van der Waals surface area contributed by atoms with E-state index in [1.165, 1.54) is 7.11 Å². The fourth-order valence-electron chi connectivity index (χ4n) is 3.91. The fraction of sp³-hybridized carbons (Fsp3) is 0.550. The van der Waals surface area contributed by atoms with E-state index in [1.807, 2.05) is 9.58 Å². The zero-order valence-corrected chi connectivity index (χ0v) is 17.4. The van der Waals surface area contributed by atoms with Crippen LogP contribution in [0.4, 0.5) is 0 Å². The number of likely N-dealkylation sites (N-methyl/N-ethyl adjacent to an activating group) is 1. The second-order valence-corrected chi connectivity index (χ2v) is 7.85. The Morgan fingerprint density at radius 1 is 1.17 bits per heavy atom. The molecule has 1 atom stereocenters. The lowest BCUT2D eigenvalue weighted by molar-refractivity contribution is 0.0661. The first-order valence-electron chi connectivity index (χ1n) is 10.2. The fourth-order valence-corrected chi connectivity index (χ4v) is 3.91. The van der Waals surface area contributed by atoms with Gasteiger partial charge in [-0.2, -0.15) is 5.10 Å². The molecule has 0 bridgehead atoms. The molecule has 0 radical (unpaired) electrons. The molecule has 160 valence electrons. The molecule has 2 aromatic rings. The van der Waals surface area contributed by atoms with E-state index < -0.39 is 0 Å². The maximum absolute atomic E-state index is 13.0. The number of nitrogens with one attached hydrogen (secondary N) is 1. The van der Waals surface area contributed by atoms with Gasteiger partial charge in [-0.3, -0.25) is 14.3 Å². The molecule has 10 nitrogen and oxygen atoms in total. The highest BCUT2D eigenvalue weighted by atomic mass is 16.5. The molecule has 1 fully saturated rings. The van der Waals surface area contributed by atoms with Crippen LogP contribution < -0.4 is 10.1 Å². The lowest BCUT2D eigenvalue weighted by Crippen LogP contribution is -2.47. The molecular weight excluding hydrogens is 386 g/mol. The predicted molar refractivity (Wildman–Crippen MR) is 108 cm³/mol. The molecule has 30 heavy (non-hydrogen) atoms. The Morgan fingerprint density at radius 3 is 2.67 bits per heavy atom. The maximum atomic E-state index is 13.0. The molecule has 1 N–H and O–H groups in total. The quantitative estimate of drug-likeness (QED) is 0.739. The van der Waals surface area contributed by atoms with Crippen molar-refractivity contribution in [2.24, 2.45) is 5.92 Å². The van der Waals surface area contributed by atoms with Gasteiger partial charge in [0.2, 0.25) is 5.88 Å². The monoisotopic (exact) mass is 413 g/mol. The predicted octanol–water partition coefficient (Wildman–Crippen LogP) is 0.0617. The number of nitrogens with zero attached hydrogens (tertiary/aromatic N) is 6. The summed E-state index contributed by atoms with van der Waals surface area (Å²) in [7, 11) is 3.57. The average Bonchev–Trinajstić information content (AvgIpc) is 3.21. The number of hydrogen-bond acceptors (Lipinski definition) is 7. The maximum Gasteiger partial charge on any atom is 0.271 e. The van der Waals surface area contributed by atoms with Crippen molar-refractivity contribution in [1.29, 1.82) is 0 Å². The Labute approximate surface area is 175 Å². The van der Waals surface area contributed by atoms with Crippen LogP contribution in [0.1, 0.15) is 33.0 Å². The van der Waals surface area contributed by atoms with Crippen molar-refractivity contribution >= 4 is 11.8 Å². The topological polar surface area (TPSA) is 105 Å². The number of ether oxygens (including phenoxy) is 1. The van der Waals surface area contributed by atoms with Gasteiger partial charge in [0.25, 0.3) is 11.8 Å². The third-order valence-corrected chi connectivity index (χ3v) is 5.83. The van der Waals surface area contributed by atoms with Gasteiger partial charge in [0, 0.05) is 45.3 Å². The average molecular weight is 413 g/mol. The molecule has 2 aliphatic rings. The Bertz CT molecular complexity index is 904. The summed E-state index contributed by atoms with van der Waals surface area (Å²) in [6.07, 6.45) is 3.30. The van der Waals surface area contributed by atoms with Crippen molar-refractivity contribution < 1.29 is 14.3 Å². The van der Waals surface area contributed by atoms with Gasteiger partial charge in [-0.1, -0.05) is 0 Å². The molecule has 2 aromatic heterocycles. The molecule has 4 rings (SSSR count). The number of piperazine rings is 1. The van der Waals surface area contributed by atoms with Crippen molar-refractivity contribution in [3.8, 4) is 5.88 Å². The highest BCUT2D eigenvalue weighted by molar-refractivity contribution is 5.95. The van der Waals surface area contributed by atoms with Gasteiger partial charge >= 0.3 is 0 Å². The van der Waals surface area contributed by atoms with Crippen LogP contribution in [-0.2, 0) is 13.0 Å². The molecule has 0 aromatic carbocycles. The molecule has 4 heterocycles. The molecule has 0 unspecified atom stereocenters. The molecular formula is C20H27N7O3. The zero-order valence-electron chi connectivity index (χ0n) is 17.4. The van der Waals surface area contributed by atoms with Crippen LogP contribution in [-0.4, -0.2) is 88.5 Å². The SMILES string of the molecule is COc1ccc(C(=O)NC[C@@H]2CCn3ncc(C(=O)N4CCN(C)CC4)c3C2)nn1. The summed E-state index contributed by atoms with van der Waals surface area (Å²) in [6.45, 7) is 4.51. The Morgan fingerprint density at radius 2 is 1.97 bits per heavy atom. The van der Waals surface area contributed by atoms with Gasteiger partial charge in [-0.25, -0.2) is 0 Å². The molecule has 2 amide bonds. The normalized spacial score (nSPS) is 19.3. The lowest BCUT2D eigenvalue weighted by atomic mass is 9.94. The second-order valence-electron chi connectivity index (χ2n) is 7.85. The molecule has 0 aliphatic carbocycles. The highest BCUT2D eigenvalue weighted by Crippen LogP contribution is 2.24. The number of carbonyl (C=O) groups is 2. The Kier molecular flexibility index (Phi) is 5.93. The van der Waals surface area contributed by atoms with Gasteiger partial charge < -0.3 is 19.9 Å². The van der Waals surface area contributed by atoms with Gasteiger partial charge in [-0.15, -0.1) is 10.2 Å². The van der Waals surface area contributed by atoms with Crippen LogP contribution in [0.25, 0.3) is 0 Å². The van der Waals surface area contributed by atoms with Crippen molar-refractivity contribution in [1.82, 2.24) is 35.1 Å². The van der Waals surface area contributed by atoms with Crippen molar-refractivity contribution in [2.75, 3.05) is 46.9 Å². The molecule has 2 aliphatic heterocycles. The van der Waals surface area contributed by atoms with E-state index >= 15 is 0 Å². The number of aromatic nitrogens is 4. The first-order chi connectivity index (χ1) is 14.5. The van der Waals surface area contributed by atoms with Gasteiger partial charge in [0.05, 0.1) is 24.6 Å². The number of hydrogen-bond donors (Lipinski definition) is 1. The van der Waals surface area contributed by atoms with E-state index in [0.29, 0.717) is 24.4 Å². The smallest absolute Gasteiger partial charge is 0.271 e. The first-order valence-corrected chi connectivity index (χ1v) is 10.2. The number of aryl methyl sites for hydroxylation is 1. The van der Waals surface area contributed by atoms with Crippen molar-refractivity contribution in [3.63, 3.8) is 0 Å². The summed E-state index contributed by atoms with van der Waals surface area (Å²) in [4.78, 5) is 29.5. The van der Waals surface area contributed by atoms with Gasteiger partial charge in [-0.05, 0) is 31.9 Å². The zero-order chi connectivity index (χ0) is 21.1. The van der Waals surface area contributed by atoms with E-state index in [1.54, 1.807) is 18.3 Å². The van der Waals surface area contributed by atoms with Gasteiger partial charge in [0.1, 0.15) is 0 Å². The molecule has 0 saturated carbocycles. The van der Waals surface area contributed by atoms with Crippen LogP contribution >= 0.6 is 0 Å². The second kappa shape index (κ2) is 8.78. The third kappa shape index (κ3) is 4.28. The first kappa shape index (κ1) is 20.3. The van der Waals surface area contributed by atoms with Crippen molar-refractivity contribution in [2.45, 2.75) is 19.4 Å². The number of rotatable bonds is 5. The summed E-state index contributed by atoms with van der Waals surface area (Å²) in [6, 6.07) is 3.20. The van der Waals surface area contributed by atoms with Crippen molar-refractivity contribution in [3.05, 3.63) is 35.3 Å². The molecule has 10 heteroatoms. The summed E-state index contributed by atoms with van der Waals surface area (Å²) in [5, 5.41) is 15.1. The third-order valence-electron chi connectivity index (χ3n) is 5.83. The number of fused-ring (bicyclic) bond motifs is 1. The lowest BCUT2D eigenvalue weighted by Gasteiger charge is -2.32. The van der Waals surface area contributed by atoms with E-state index in [2.05, 4.69) is 32.6 Å². The number of carbonyl (C=O) groups excluding carboxylic acids is 2. The van der Waals surface area contributed by atoms with E-state index in [-0.39, 0.29) is 23.4 Å². The summed E-state index contributed by atoms with van der Waals surface area (Å²) in [5.74, 6) is 0.397. The summed E-state index contributed by atoms with van der Waals surface area (Å²) in [5.41, 5.74) is 1.91. The Hall–Kier alpha value is -3.01. The van der Waals surface area contributed by atoms with Crippen LogP contribution in [0.5, 0.6) is 5.88 Å². The minimum Gasteiger partial charge on any atom is -0.480 e. The van der Waals surface area contributed by atoms with E-state index in [0.717, 1.165) is 44.8 Å². The van der Waals surface area contributed by atoms with E-state index in [4.69, 9.17) is 4.74 Å². The van der Waals surface area contributed by atoms with Crippen LogP contribution in [0.2, 0.25) is 0 Å². The van der Waals surface area contributed by atoms with Crippen LogP contribution in [0.3, 0.4) is 0 Å². The standard InChI is InChI=1S/C20H27N7O3/c1-25-7-9-26(10-8-25)20(29)15-13-22-27-6-5-14(11-17(15)27)12-21-19(28)16-3-4-18(30-2)24-23-16/h3-4,13-14H,5-12H2,1-2H3,(H,21,28)/t14-/m1/s1. The van der Waals surface area contributed by atoms with Crippen LogP contribution in [0.15, 0.2) is 18.3 Å². The number of amides is 2. The van der Waals surface area contributed by atoms with E-state index in [9.17, 15) is 9.59 Å². The number of methoxy groups -OCH3 is 1. The summed E-state index contributed by atoms with van der Waals surface area (Å²) >= 11 is 0. The summed E-state index contributed by atoms with van der Waals surface area (Å²) < 4.78 is 6.89. The highest BCUT2D eigenvalue weighted by Gasteiger charge is 2.29.